The van der Waals surface area contributed by atoms with Gasteiger partial charge in [0, 0.05) is 24.7 Å². The average Bonchev–Trinajstić information content (AvgIpc) is 2.73. The SMILES string of the molecule is COC(=O)Cc1c(C)c2cc(Cl)c3c(c2oc1=O)CN(Cc1ccccn1)CO3. The first-order chi connectivity index (χ1) is 14.0. The number of hydrogen-bond acceptors (Lipinski definition) is 7. The molecule has 2 aromatic heterocycles. The van der Waals surface area contributed by atoms with Crippen LogP contribution in [0.25, 0.3) is 11.0 Å². The fourth-order valence-corrected chi connectivity index (χ4v) is 3.78. The maximum atomic E-state index is 12.6. The number of aryl methyl sites for hydroxylation is 1. The van der Waals surface area contributed by atoms with Crippen LogP contribution in [0.3, 0.4) is 0 Å². The van der Waals surface area contributed by atoms with Crippen molar-refractivity contribution in [2.24, 2.45) is 0 Å². The van der Waals surface area contributed by atoms with E-state index >= 15 is 0 Å². The van der Waals surface area contributed by atoms with Crippen molar-refractivity contribution in [3.05, 3.63) is 68.3 Å². The number of nitrogens with zero attached hydrogens (tertiary/aromatic N) is 2. The van der Waals surface area contributed by atoms with Gasteiger partial charge < -0.3 is 13.9 Å². The van der Waals surface area contributed by atoms with Crippen molar-refractivity contribution in [1.29, 1.82) is 0 Å². The second kappa shape index (κ2) is 7.85. The van der Waals surface area contributed by atoms with E-state index < -0.39 is 11.6 Å². The molecule has 0 aliphatic carbocycles. The van der Waals surface area contributed by atoms with E-state index in [-0.39, 0.29) is 12.0 Å². The molecule has 0 spiro atoms. The Hall–Kier alpha value is -2.90. The van der Waals surface area contributed by atoms with Crippen molar-refractivity contribution in [3.8, 4) is 5.75 Å². The molecule has 0 saturated carbocycles. The monoisotopic (exact) mass is 414 g/mol. The zero-order valence-electron chi connectivity index (χ0n) is 16.0. The molecule has 0 bridgehead atoms. The molecule has 0 fully saturated rings. The Kier molecular flexibility index (Phi) is 5.25. The van der Waals surface area contributed by atoms with Crippen molar-refractivity contribution >= 4 is 28.5 Å². The second-order valence-corrected chi connectivity index (χ2v) is 7.28. The zero-order valence-corrected chi connectivity index (χ0v) is 16.8. The van der Waals surface area contributed by atoms with Crippen LogP contribution in [-0.2, 0) is 29.0 Å². The van der Waals surface area contributed by atoms with Gasteiger partial charge in [-0.3, -0.25) is 14.7 Å². The Morgan fingerprint density at radius 3 is 2.93 bits per heavy atom. The topological polar surface area (TPSA) is 81.9 Å². The Morgan fingerprint density at radius 2 is 2.21 bits per heavy atom. The highest BCUT2D eigenvalue weighted by molar-refractivity contribution is 6.33. The average molecular weight is 415 g/mol. The summed E-state index contributed by atoms with van der Waals surface area (Å²) in [5.41, 5.74) is 2.39. The number of carbonyl (C=O) groups excluding carboxylic acids is 1. The number of aromatic nitrogens is 1. The van der Waals surface area contributed by atoms with Gasteiger partial charge in [0.05, 0.1) is 35.4 Å². The summed E-state index contributed by atoms with van der Waals surface area (Å²) in [5.74, 6) is 0.00776. The highest BCUT2D eigenvalue weighted by atomic mass is 35.5. The largest absolute Gasteiger partial charge is 0.476 e. The first-order valence-electron chi connectivity index (χ1n) is 9.07. The summed E-state index contributed by atoms with van der Waals surface area (Å²) in [6, 6.07) is 7.44. The van der Waals surface area contributed by atoms with Gasteiger partial charge in [0.2, 0.25) is 0 Å². The van der Waals surface area contributed by atoms with Crippen LogP contribution in [-0.4, -0.2) is 29.7 Å². The molecular weight excluding hydrogens is 396 g/mol. The number of esters is 1. The second-order valence-electron chi connectivity index (χ2n) is 6.87. The summed E-state index contributed by atoms with van der Waals surface area (Å²) in [5, 5.41) is 1.11. The van der Waals surface area contributed by atoms with Crippen LogP contribution in [0.5, 0.6) is 5.75 Å². The van der Waals surface area contributed by atoms with E-state index in [2.05, 4.69) is 9.72 Å². The lowest BCUT2D eigenvalue weighted by atomic mass is 10.00. The van der Waals surface area contributed by atoms with Crippen LogP contribution in [0.1, 0.15) is 22.4 Å². The van der Waals surface area contributed by atoms with Gasteiger partial charge in [-0.05, 0) is 30.7 Å². The number of methoxy groups -OCH3 is 1. The number of carbonyl (C=O) groups is 1. The lowest BCUT2D eigenvalue weighted by Crippen LogP contribution is -2.32. The lowest BCUT2D eigenvalue weighted by Gasteiger charge is -2.29. The Balaban J connectivity index is 1.77. The molecule has 7 nitrogen and oxygen atoms in total. The lowest BCUT2D eigenvalue weighted by molar-refractivity contribution is -0.139. The molecule has 3 heterocycles. The summed E-state index contributed by atoms with van der Waals surface area (Å²) < 4.78 is 16.2. The third-order valence-corrected chi connectivity index (χ3v) is 5.29. The van der Waals surface area contributed by atoms with Gasteiger partial charge in [-0.2, -0.15) is 0 Å². The summed E-state index contributed by atoms with van der Waals surface area (Å²) in [7, 11) is 1.28. The van der Waals surface area contributed by atoms with E-state index in [1.807, 2.05) is 23.1 Å². The Labute approximate surface area is 171 Å². The summed E-state index contributed by atoms with van der Waals surface area (Å²) in [4.78, 5) is 30.6. The molecule has 29 heavy (non-hydrogen) atoms. The molecule has 1 aromatic carbocycles. The molecular formula is C21H19ClN2O5. The van der Waals surface area contributed by atoms with E-state index in [1.54, 1.807) is 19.2 Å². The number of ether oxygens (including phenoxy) is 2. The minimum Gasteiger partial charge on any atom is -0.476 e. The molecule has 0 radical (unpaired) electrons. The van der Waals surface area contributed by atoms with Crippen LogP contribution in [0.15, 0.2) is 39.7 Å². The van der Waals surface area contributed by atoms with Gasteiger partial charge in [0.1, 0.15) is 18.1 Å². The standard InChI is InChI=1S/C21H19ClN2O5/c1-12-14-7-17(22)20-16(19(14)29-21(26)15(12)8-18(25)27-2)10-24(11-28-20)9-13-5-3-4-6-23-13/h3-7H,8-11H2,1-2H3. The van der Waals surface area contributed by atoms with Crippen molar-refractivity contribution in [3.63, 3.8) is 0 Å². The van der Waals surface area contributed by atoms with Crippen LogP contribution >= 0.6 is 11.6 Å². The maximum absolute atomic E-state index is 12.6. The predicted octanol–water partition coefficient (Wildman–Crippen LogP) is 3.22. The molecule has 0 unspecified atom stereocenters. The fraction of sp³-hybridized carbons (Fsp3) is 0.286. The third-order valence-electron chi connectivity index (χ3n) is 5.01. The first kappa shape index (κ1) is 19.4. The minimum atomic E-state index is -0.563. The molecule has 3 aromatic rings. The summed E-state index contributed by atoms with van der Waals surface area (Å²) in [6.07, 6.45) is 1.59. The fourth-order valence-electron chi connectivity index (χ4n) is 3.50. The van der Waals surface area contributed by atoms with Crippen molar-refractivity contribution < 1.29 is 18.7 Å². The third kappa shape index (κ3) is 3.71. The van der Waals surface area contributed by atoms with Gasteiger partial charge in [0.15, 0.2) is 0 Å². The highest BCUT2D eigenvalue weighted by Gasteiger charge is 2.26. The van der Waals surface area contributed by atoms with Gasteiger partial charge in [-0.1, -0.05) is 17.7 Å². The normalized spacial score (nSPS) is 13.8. The Morgan fingerprint density at radius 1 is 1.38 bits per heavy atom. The summed E-state index contributed by atoms with van der Waals surface area (Å²) in [6.45, 7) is 3.19. The van der Waals surface area contributed by atoms with Gasteiger partial charge in [-0.25, -0.2) is 4.79 Å². The smallest absolute Gasteiger partial charge is 0.340 e. The predicted molar refractivity (Wildman–Crippen MR) is 107 cm³/mol. The van der Waals surface area contributed by atoms with Crippen LogP contribution in [0.2, 0.25) is 5.02 Å². The van der Waals surface area contributed by atoms with Gasteiger partial charge in [0.25, 0.3) is 0 Å². The summed E-state index contributed by atoms with van der Waals surface area (Å²) >= 11 is 6.46. The van der Waals surface area contributed by atoms with Crippen molar-refractivity contribution in [2.45, 2.75) is 26.4 Å². The Bertz CT molecular complexity index is 1140. The number of halogens is 1. The molecule has 8 heteroatoms. The van der Waals surface area contributed by atoms with Crippen LogP contribution < -0.4 is 10.4 Å². The number of hydrogen-bond donors (Lipinski definition) is 0. The number of pyridine rings is 1. The van der Waals surface area contributed by atoms with E-state index in [1.165, 1.54) is 7.11 Å². The zero-order chi connectivity index (χ0) is 20.5. The van der Waals surface area contributed by atoms with Gasteiger partial charge in [-0.15, -0.1) is 0 Å². The van der Waals surface area contributed by atoms with Crippen molar-refractivity contribution in [1.82, 2.24) is 9.88 Å². The van der Waals surface area contributed by atoms with Crippen LogP contribution in [0, 0.1) is 6.92 Å². The van der Waals surface area contributed by atoms with E-state index in [9.17, 15) is 9.59 Å². The number of fused-ring (bicyclic) bond motifs is 3. The molecule has 0 atom stereocenters. The first-order valence-corrected chi connectivity index (χ1v) is 9.45. The molecule has 0 N–H and O–H groups in total. The molecule has 1 aliphatic heterocycles. The van der Waals surface area contributed by atoms with E-state index in [4.69, 9.17) is 20.8 Å². The van der Waals surface area contributed by atoms with E-state index in [0.717, 1.165) is 5.69 Å². The molecule has 1 aliphatic rings. The number of benzene rings is 1. The minimum absolute atomic E-state index is 0.155. The van der Waals surface area contributed by atoms with Gasteiger partial charge >= 0.3 is 11.6 Å². The molecule has 0 saturated heterocycles. The maximum Gasteiger partial charge on any atom is 0.340 e. The quantitative estimate of drug-likeness (QED) is 0.479. The molecule has 150 valence electrons. The highest BCUT2D eigenvalue weighted by Crippen LogP contribution is 2.39. The number of rotatable bonds is 4. The van der Waals surface area contributed by atoms with Crippen molar-refractivity contribution in [2.75, 3.05) is 13.8 Å². The van der Waals surface area contributed by atoms with Crippen LogP contribution in [0.4, 0.5) is 0 Å². The van der Waals surface area contributed by atoms with E-state index in [0.29, 0.717) is 52.7 Å². The molecule has 4 rings (SSSR count). The molecule has 0 amide bonds.